The standard InChI is InChI=1S/C16H15NO5S2/c1-9-4-2-3-5-10(9)8-12-14(20)17(16(23)24-12)11(15(21)22)6-7-13(18)19/h2-5,8,11H,6-7H2,1H3,(H,18,19)(H,21,22)/b12-8-. The highest BCUT2D eigenvalue weighted by atomic mass is 32.2. The summed E-state index contributed by atoms with van der Waals surface area (Å²) in [6.07, 6.45) is 1.12. The summed E-state index contributed by atoms with van der Waals surface area (Å²) < 4.78 is 0.123. The minimum atomic E-state index is -1.28. The first-order chi connectivity index (χ1) is 11.3. The van der Waals surface area contributed by atoms with Gasteiger partial charge >= 0.3 is 11.9 Å². The molecule has 126 valence electrons. The fourth-order valence-corrected chi connectivity index (χ4v) is 3.61. The molecule has 1 saturated heterocycles. The lowest BCUT2D eigenvalue weighted by Crippen LogP contribution is -2.44. The Balaban J connectivity index is 2.28. The van der Waals surface area contributed by atoms with Crippen molar-refractivity contribution in [2.75, 3.05) is 0 Å². The minimum Gasteiger partial charge on any atom is -0.481 e. The lowest BCUT2D eigenvalue weighted by atomic mass is 10.1. The van der Waals surface area contributed by atoms with E-state index in [2.05, 4.69) is 0 Å². The van der Waals surface area contributed by atoms with Crippen LogP contribution >= 0.6 is 24.0 Å². The predicted molar refractivity (Wildman–Crippen MR) is 94.5 cm³/mol. The van der Waals surface area contributed by atoms with Crippen molar-refractivity contribution in [1.82, 2.24) is 4.90 Å². The third-order valence-electron chi connectivity index (χ3n) is 3.53. The van der Waals surface area contributed by atoms with Crippen LogP contribution in [-0.4, -0.2) is 43.3 Å². The van der Waals surface area contributed by atoms with Gasteiger partial charge in [-0.1, -0.05) is 48.2 Å². The molecule has 0 radical (unpaired) electrons. The third-order valence-corrected chi connectivity index (χ3v) is 4.86. The first kappa shape index (κ1) is 18.2. The molecule has 0 saturated carbocycles. The van der Waals surface area contributed by atoms with Gasteiger partial charge in [0.2, 0.25) is 0 Å². The van der Waals surface area contributed by atoms with Crippen molar-refractivity contribution in [3.05, 3.63) is 40.3 Å². The summed E-state index contributed by atoms with van der Waals surface area (Å²) in [5.74, 6) is -2.90. The Kier molecular flexibility index (Phi) is 5.74. The summed E-state index contributed by atoms with van der Waals surface area (Å²) in [6, 6.07) is 6.19. The molecular formula is C16H15NO5S2. The van der Waals surface area contributed by atoms with Crippen molar-refractivity contribution in [2.24, 2.45) is 0 Å². The highest BCUT2D eigenvalue weighted by Crippen LogP contribution is 2.35. The number of carboxylic acid groups (broad SMARTS) is 2. The van der Waals surface area contributed by atoms with E-state index in [-0.39, 0.29) is 17.2 Å². The van der Waals surface area contributed by atoms with E-state index in [9.17, 15) is 19.5 Å². The number of thiocarbonyl (C=S) groups is 1. The van der Waals surface area contributed by atoms with E-state index in [1.165, 1.54) is 0 Å². The molecule has 2 N–H and O–H groups in total. The number of benzene rings is 1. The summed E-state index contributed by atoms with van der Waals surface area (Å²) >= 11 is 6.16. The van der Waals surface area contributed by atoms with Crippen LogP contribution in [0.3, 0.4) is 0 Å². The Bertz CT molecular complexity index is 744. The quantitative estimate of drug-likeness (QED) is 0.591. The van der Waals surface area contributed by atoms with Crippen LogP contribution < -0.4 is 0 Å². The summed E-state index contributed by atoms with van der Waals surface area (Å²) in [5.41, 5.74) is 1.82. The molecule has 0 aromatic heterocycles. The molecule has 0 spiro atoms. The molecule has 1 fully saturated rings. The smallest absolute Gasteiger partial charge is 0.326 e. The number of carboxylic acids is 2. The number of carbonyl (C=O) groups is 3. The lowest BCUT2D eigenvalue weighted by Gasteiger charge is -2.22. The highest BCUT2D eigenvalue weighted by molar-refractivity contribution is 8.26. The zero-order valence-electron chi connectivity index (χ0n) is 12.8. The van der Waals surface area contributed by atoms with E-state index in [1.807, 2.05) is 31.2 Å². The zero-order valence-corrected chi connectivity index (χ0v) is 14.4. The molecule has 24 heavy (non-hydrogen) atoms. The molecule has 6 nitrogen and oxygen atoms in total. The maximum absolute atomic E-state index is 12.6. The second-order valence-electron chi connectivity index (χ2n) is 5.19. The minimum absolute atomic E-state index is 0.123. The van der Waals surface area contributed by atoms with Crippen LogP contribution in [0.1, 0.15) is 24.0 Å². The topological polar surface area (TPSA) is 94.9 Å². The number of rotatable bonds is 6. The normalized spacial score (nSPS) is 17.4. The summed E-state index contributed by atoms with van der Waals surface area (Å²) in [4.78, 5) is 36.0. The molecule has 0 bridgehead atoms. The molecule has 0 aliphatic carbocycles. The van der Waals surface area contributed by atoms with Gasteiger partial charge < -0.3 is 10.2 Å². The van der Waals surface area contributed by atoms with Gasteiger partial charge in [-0.05, 0) is 30.5 Å². The van der Waals surface area contributed by atoms with Gasteiger partial charge in [-0.2, -0.15) is 0 Å². The van der Waals surface area contributed by atoms with Gasteiger partial charge in [-0.15, -0.1) is 0 Å². The lowest BCUT2D eigenvalue weighted by molar-refractivity contribution is -0.146. The summed E-state index contributed by atoms with van der Waals surface area (Å²) in [5, 5.41) is 18.1. The fourth-order valence-electron chi connectivity index (χ4n) is 2.26. The van der Waals surface area contributed by atoms with Crippen LogP contribution in [0.5, 0.6) is 0 Å². The van der Waals surface area contributed by atoms with Gasteiger partial charge in [-0.3, -0.25) is 14.5 Å². The van der Waals surface area contributed by atoms with Gasteiger partial charge in [0, 0.05) is 6.42 Å². The molecule has 2 rings (SSSR count). The van der Waals surface area contributed by atoms with Gasteiger partial charge in [0.1, 0.15) is 10.4 Å². The number of carbonyl (C=O) groups excluding carboxylic acids is 1. The SMILES string of the molecule is Cc1ccccc1/C=C1\SC(=S)N(C(CCC(=O)O)C(=O)O)C1=O. The van der Waals surface area contributed by atoms with Crippen LogP contribution in [0.25, 0.3) is 6.08 Å². The first-order valence-electron chi connectivity index (χ1n) is 7.08. The van der Waals surface area contributed by atoms with Gasteiger partial charge in [0.05, 0.1) is 4.91 Å². The van der Waals surface area contributed by atoms with Crippen molar-refractivity contribution in [3.8, 4) is 0 Å². The number of hydrogen-bond acceptors (Lipinski definition) is 5. The largest absolute Gasteiger partial charge is 0.481 e. The fraction of sp³-hybridized carbons (Fsp3) is 0.250. The van der Waals surface area contributed by atoms with E-state index in [0.29, 0.717) is 4.91 Å². The predicted octanol–water partition coefficient (Wildman–Crippen LogP) is 2.51. The maximum Gasteiger partial charge on any atom is 0.326 e. The van der Waals surface area contributed by atoms with Crippen molar-refractivity contribution in [3.63, 3.8) is 0 Å². The van der Waals surface area contributed by atoms with Crippen LogP contribution in [-0.2, 0) is 14.4 Å². The summed E-state index contributed by atoms with van der Waals surface area (Å²) in [6.45, 7) is 1.90. The van der Waals surface area contributed by atoms with E-state index in [0.717, 1.165) is 27.8 Å². The Hall–Kier alpha value is -2.19. The Morgan fingerprint density at radius 2 is 2.00 bits per heavy atom. The first-order valence-corrected chi connectivity index (χ1v) is 8.31. The summed E-state index contributed by atoms with van der Waals surface area (Å²) in [7, 11) is 0. The van der Waals surface area contributed by atoms with Gasteiger partial charge in [0.25, 0.3) is 5.91 Å². The molecule has 1 aliphatic rings. The molecular weight excluding hydrogens is 350 g/mol. The molecule has 1 aromatic carbocycles. The molecule has 1 aliphatic heterocycles. The van der Waals surface area contributed by atoms with Crippen LogP contribution in [0.2, 0.25) is 0 Å². The monoisotopic (exact) mass is 365 g/mol. The number of thioether (sulfide) groups is 1. The van der Waals surface area contributed by atoms with Crippen LogP contribution in [0.15, 0.2) is 29.2 Å². The molecule has 1 heterocycles. The zero-order chi connectivity index (χ0) is 17.9. The maximum atomic E-state index is 12.6. The number of aryl methyl sites for hydroxylation is 1. The average molecular weight is 365 g/mol. The van der Waals surface area contributed by atoms with E-state index >= 15 is 0 Å². The Morgan fingerprint density at radius 1 is 1.33 bits per heavy atom. The Labute approximate surface area is 148 Å². The third kappa shape index (κ3) is 4.01. The number of amides is 1. The average Bonchev–Trinajstić information content (AvgIpc) is 2.77. The van der Waals surface area contributed by atoms with Gasteiger partial charge in [-0.25, -0.2) is 4.79 Å². The van der Waals surface area contributed by atoms with Crippen molar-refractivity contribution >= 4 is 52.2 Å². The molecule has 1 amide bonds. The van der Waals surface area contributed by atoms with Crippen molar-refractivity contribution in [1.29, 1.82) is 0 Å². The van der Waals surface area contributed by atoms with Crippen LogP contribution in [0, 0.1) is 6.92 Å². The number of aliphatic carboxylic acids is 2. The Morgan fingerprint density at radius 3 is 2.58 bits per heavy atom. The number of nitrogens with zero attached hydrogens (tertiary/aromatic N) is 1. The van der Waals surface area contributed by atoms with Crippen LogP contribution in [0.4, 0.5) is 0 Å². The molecule has 1 unspecified atom stereocenters. The molecule has 1 atom stereocenters. The number of hydrogen-bond donors (Lipinski definition) is 2. The van der Waals surface area contributed by atoms with E-state index in [1.54, 1.807) is 6.08 Å². The molecule has 8 heteroatoms. The van der Waals surface area contributed by atoms with Gasteiger partial charge in [0.15, 0.2) is 0 Å². The second-order valence-corrected chi connectivity index (χ2v) is 6.87. The second kappa shape index (κ2) is 7.59. The van der Waals surface area contributed by atoms with Crippen molar-refractivity contribution < 1.29 is 24.6 Å². The highest BCUT2D eigenvalue weighted by Gasteiger charge is 2.40. The van der Waals surface area contributed by atoms with E-state index in [4.69, 9.17) is 17.3 Å². The van der Waals surface area contributed by atoms with E-state index < -0.39 is 23.9 Å². The molecule has 1 aromatic rings. The van der Waals surface area contributed by atoms with Crippen molar-refractivity contribution in [2.45, 2.75) is 25.8 Å².